The van der Waals surface area contributed by atoms with E-state index in [1.54, 1.807) is 4.90 Å². The first-order valence-corrected chi connectivity index (χ1v) is 12.5. The minimum Gasteiger partial charge on any atom is -0.465 e. The van der Waals surface area contributed by atoms with Crippen LogP contribution in [0.15, 0.2) is 30.3 Å². The summed E-state index contributed by atoms with van der Waals surface area (Å²) in [7, 11) is 4.08. The van der Waals surface area contributed by atoms with Gasteiger partial charge in [-0.05, 0) is 56.9 Å². The van der Waals surface area contributed by atoms with Crippen LogP contribution in [0.2, 0.25) is 0 Å². The SMILES string of the molecule is CN(C)c1nc(N[C@H]2CC[C@@H](N(CCOCc3ccccc3)C(=O)O)CC2)nc2c1CCCC2. The topological polar surface area (TPSA) is 90.8 Å². The van der Waals surface area contributed by atoms with Gasteiger partial charge in [-0.15, -0.1) is 0 Å². The van der Waals surface area contributed by atoms with Crippen LogP contribution < -0.4 is 10.2 Å². The maximum atomic E-state index is 11.9. The second-order valence-electron chi connectivity index (χ2n) is 9.56. The molecule has 2 aliphatic rings. The Bertz CT molecular complexity index is 945. The van der Waals surface area contributed by atoms with Gasteiger partial charge >= 0.3 is 6.09 Å². The van der Waals surface area contributed by atoms with Crippen LogP contribution in [-0.2, 0) is 24.2 Å². The van der Waals surface area contributed by atoms with Crippen molar-refractivity contribution in [3.63, 3.8) is 0 Å². The molecule has 1 fully saturated rings. The molecule has 2 aliphatic carbocycles. The van der Waals surface area contributed by atoms with Crippen LogP contribution in [0, 0.1) is 0 Å². The summed E-state index contributed by atoms with van der Waals surface area (Å²) < 4.78 is 5.73. The van der Waals surface area contributed by atoms with Gasteiger partial charge in [0.25, 0.3) is 0 Å². The predicted octanol–water partition coefficient (Wildman–Crippen LogP) is 4.34. The number of hydrogen-bond donors (Lipinski definition) is 2. The van der Waals surface area contributed by atoms with Crippen LogP contribution in [0.5, 0.6) is 0 Å². The molecule has 1 saturated carbocycles. The zero-order valence-corrected chi connectivity index (χ0v) is 20.4. The standard InChI is InChI=1S/C26H37N5O3/c1-30(2)24-22-10-6-7-11-23(22)28-25(29-24)27-20-12-14-21(15-13-20)31(26(32)33)16-17-34-18-19-8-4-3-5-9-19/h3-5,8-9,20-21H,6-7,10-18H2,1-2H3,(H,32,33)(H,27,28,29)/t20-,21+. The maximum Gasteiger partial charge on any atom is 0.407 e. The van der Waals surface area contributed by atoms with Gasteiger partial charge in [0, 0.05) is 38.3 Å². The Kier molecular flexibility index (Phi) is 8.21. The third-order valence-corrected chi connectivity index (χ3v) is 6.89. The summed E-state index contributed by atoms with van der Waals surface area (Å²) in [5.41, 5.74) is 3.56. The fourth-order valence-corrected chi connectivity index (χ4v) is 5.08. The van der Waals surface area contributed by atoms with Crippen molar-refractivity contribution >= 4 is 17.9 Å². The van der Waals surface area contributed by atoms with Gasteiger partial charge in [-0.2, -0.15) is 4.98 Å². The van der Waals surface area contributed by atoms with E-state index in [0.717, 1.165) is 49.9 Å². The highest BCUT2D eigenvalue weighted by Gasteiger charge is 2.29. The third-order valence-electron chi connectivity index (χ3n) is 6.89. The van der Waals surface area contributed by atoms with Crippen LogP contribution in [-0.4, -0.2) is 65.4 Å². The third kappa shape index (κ3) is 6.17. The van der Waals surface area contributed by atoms with Crippen LogP contribution >= 0.6 is 0 Å². The van der Waals surface area contributed by atoms with E-state index in [1.807, 2.05) is 44.4 Å². The summed E-state index contributed by atoms with van der Waals surface area (Å²) in [5, 5.41) is 13.3. The first kappa shape index (κ1) is 24.3. The van der Waals surface area contributed by atoms with Gasteiger partial charge in [0.1, 0.15) is 5.82 Å². The number of benzene rings is 1. The summed E-state index contributed by atoms with van der Waals surface area (Å²) in [6.45, 7) is 1.29. The van der Waals surface area contributed by atoms with E-state index < -0.39 is 6.09 Å². The van der Waals surface area contributed by atoms with E-state index in [9.17, 15) is 9.90 Å². The summed E-state index contributed by atoms with van der Waals surface area (Å²) in [6.07, 6.45) is 7.03. The highest BCUT2D eigenvalue weighted by atomic mass is 16.5. The van der Waals surface area contributed by atoms with Crippen LogP contribution in [0.1, 0.15) is 55.3 Å². The van der Waals surface area contributed by atoms with E-state index >= 15 is 0 Å². The van der Waals surface area contributed by atoms with E-state index in [4.69, 9.17) is 14.7 Å². The molecule has 2 N–H and O–H groups in total. The average Bonchev–Trinajstić information content (AvgIpc) is 2.84. The van der Waals surface area contributed by atoms with Crippen molar-refractivity contribution in [2.24, 2.45) is 0 Å². The first-order valence-electron chi connectivity index (χ1n) is 12.5. The van der Waals surface area contributed by atoms with Crippen molar-refractivity contribution in [3.8, 4) is 0 Å². The number of anilines is 2. The second kappa shape index (κ2) is 11.5. The number of nitrogens with one attached hydrogen (secondary N) is 1. The molecule has 0 spiro atoms. The zero-order chi connectivity index (χ0) is 23.9. The van der Waals surface area contributed by atoms with E-state index in [0.29, 0.717) is 25.7 Å². The number of aryl methyl sites for hydroxylation is 1. The average molecular weight is 468 g/mol. The largest absolute Gasteiger partial charge is 0.465 e. The van der Waals surface area contributed by atoms with Gasteiger partial charge in [-0.1, -0.05) is 30.3 Å². The molecule has 0 radical (unpaired) electrons. The summed E-state index contributed by atoms with van der Waals surface area (Å²) in [6, 6.07) is 10.2. The summed E-state index contributed by atoms with van der Waals surface area (Å²) in [4.78, 5) is 25.2. The molecule has 8 heteroatoms. The lowest BCUT2D eigenvalue weighted by molar-refractivity contribution is 0.0636. The van der Waals surface area contributed by atoms with Crippen molar-refractivity contribution in [2.45, 2.75) is 70.1 Å². The molecule has 34 heavy (non-hydrogen) atoms. The van der Waals surface area contributed by atoms with Crippen molar-refractivity contribution in [3.05, 3.63) is 47.2 Å². The summed E-state index contributed by atoms with van der Waals surface area (Å²) >= 11 is 0. The minimum atomic E-state index is -0.867. The number of nitrogens with zero attached hydrogens (tertiary/aromatic N) is 4. The lowest BCUT2D eigenvalue weighted by atomic mass is 9.90. The molecule has 0 atom stereocenters. The molecule has 184 valence electrons. The van der Waals surface area contributed by atoms with Crippen LogP contribution in [0.4, 0.5) is 16.6 Å². The van der Waals surface area contributed by atoms with E-state index in [1.165, 1.54) is 24.1 Å². The minimum absolute atomic E-state index is 0.0256. The number of fused-ring (bicyclic) bond motifs is 1. The Balaban J connectivity index is 1.28. The predicted molar refractivity (Wildman–Crippen MR) is 133 cm³/mol. The lowest BCUT2D eigenvalue weighted by Crippen LogP contribution is -2.45. The van der Waals surface area contributed by atoms with Gasteiger partial charge in [-0.25, -0.2) is 9.78 Å². The Morgan fingerprint density at radius 1 is 1.09 bits per heavy atom. The molecule has 8 nitrogen and oxygen atoms in total. The van der Waals surface area contributed by atoms with Gasteiger partial charge < -0.3 is 25.0 Å². The molecular weight excluding hydrogens is 430 g/mol. The fourth-order valence-electron chi connectivity index (χ4n) is 5.08. The van der Waals surface area contributed by atoms with Crippen LogP contribution in [0.3, 0.4) is 0 Å². The Morgan fingerprint density at radius 2 is 1.82 bits per heavy atom. The Hall–Kier alpha value is -2.87. The molecular formula is C26H37N5O3. The molecule has 2 aromatic rings. The maximum absolute atomic E-state index is 11.9. The monoisotopic (exact) mass is 467 g/mol. The molecule has 4 rings (SSSR count). The molecule has 1 amide bonds. The van der Waals surface area contributed by atoms with E-state index in [-0.39, 0.29) is 12.1 Å². The molecule has 0 saturated heterocycles. The summed E-state index contributed by atoms with van der Waals surface area (Å²) in [5.74, 6) is 1.73. The van der Waals surface area contributed by atoms with Gasteiger partial charge in [-0.3, -0.25) is 0 Å². The molecule has 0 bridgehead atoms. The normalized spacial score (nSPS) is 19.8. The smallest absolute Gasteiger partial charge is 0.407 e. The quantitative estimate of drug-likeness (QED) is 0.530. The molecule has 1 heterocycles. The highest BCUT2D eigenvalue weighted by molar-refractivity contribution is 5.65. The van der Waals surface area contributed by atoms with Gasteiger partial charge in [0.05, 0.1) is 18.9 Å². The molecule has 0 unspecified atom stereocenters. The van der Waals surface area contributed by atoms with Gasteiger partial charge in [0.15, 0.2) is 0 Å². The number of ether oxygens (including phenoxy) is 1. The lowest BCUT2D eigenvalue weighted by Gasteiger charge is -2.35. The van der Waals surface area contributed by atoms with Gasteiger partial charge in [0.2, 0.25) is 5.95 Å². The number of aromatic nitrogens is 2. The Labute approximate surface area is 202 Å². The van der Waals surface area contributed by atoms with Crippen molar-refractivity contribution in [1.29, 1.82) is 0 Å². The highest BCUT2D eigenvalue weighted by Crippen LogP contribution is 2.30. The molecule has 1 aromatic carbocycles. The zero-order valence-electron chi connectivity index (χ0n) is 20.4. The van der Waals surface area contributed by atoms with Crippen LogP contribution in [0.25, 0.3) is 0 Å². The molecule has 1 aromatic heterocycles. The molecule has 0 aliphatic heterocycles. The van der Waals surface area contributed by atoms with Crippen molar-refractivity contribution in [1.82, 2.24) is 14.9 Å². The second-order valence-corrected chi connectivity index (χ2v) is 9.56. The number of rotatable bonds is 9. The van der Waals surface area contributed by atoms with Crippen molar-refractivity contribution < 1.29 is 14.6 Å². The number of carboxylic acid groups (broad SMARTS) is 1. The first-order chi connectivity index (χ1) is 16.5. The fraction of sp³-hybridized carbons (Fsp3) is 0.577. The number of amides is 1. The van der Waals surface area contributed by atoms with Crippen molar-refractivity contribution in [2.75, 3.05) is 37.5 Å². The van der Waals surface area contributed by atoms with E-state index in [2.05, 4.69) is 10.2 Å². The Morgan fingerprint density at radius 3 is 2.53 bits per heavy atom. The number of hydrogen-bond acceptors (Lipinski definition) is 6. The number of carbonyl (C=O) groups is 1.